The Morgan fingerprint density at radius 2 is 2.42 bits per heavy atom. The van der Waals surface area contributed by atoms with Crippen LogP contribution in [0.4, 0.5) is 0 Å². The molecule has 12 heavy (non-hydrogen) atoms. The third kappa shape index (κ3) is 1.73. The molecule has 3 atom stereocenters. The van der Waals surface area contributed by atoms with Gasteiger partial charge in [0, 0.05) is 12.0 Å². The first-order chi connectivity index (χ1) is 5.69. The highest BCUT2D eigenvalue weighted by molar-refractivity contribution is 5.58. The largest absolute Gasteiger partial charge is 0.330 e. The highest BCUT2D eigenvalue weighted by atomic mass is 16.1. The molecule has 4 N–H and O–H groups in total. The number of carbonyl (C=O) groups is 1. The Morgan fingerprint density at radius 1 is 1.75 bits per heavy atom. The summed E-state index contributed by atoms with van der Waals surface area (Å²) in [4.78, 5) is 10.6. The van der Waals surface area contributed by atoms with Crippen LogP contribution in [0.3, 0.4) is 0 Å². The Labute approximate surface area is 72.8 Å². The zero-order valence-corrected chi connectivity index (χ0v) is 7.36. The van der Waals surface area contributed by atoms with E-state index in [1.807, 2.05) is 13.0 Å². The molecule has 1 aliphatic rings. The van der Waals surface area contributed by atoms with Crippen molar-refractivity contribution in [1.82, 2.24) is 0 Å². The maximum Gasteiger partial charge on any atom is 0.127 e. The standard InChI is InChI=1S/C9H16N2O/c1-6-2-8(5-12)7(4-10)3-9(6)11/h2,5,7-9H,3-4,10-11H2,1H3. The topological polar surface area (TPSA) is 69.1 Å². The molecule has 3 nitrogen and oxygen atoms in total. The Morgan fingerprint density at radius 3 is 2.92 bits per heavy atom. The van der Waals surface area contributed by atoms with E-state index in [4.69, 9.17) is 11.5 Å². The van der Waals surface area contributed by atoms with Crippen LogP contribution in [0.15, 0.2) is 11.6 Å². The van der Waals surface area contributed by atoms with Crippen molar-refractivity contribution in [2.45, 2.75) is 19.4 Å². The fraction of sp³-hybridized carbons (Fsp3) is 0.667. The zero-order chi connectivity index (χ0) is 9.14. The second kappa shape index (κ2) is 3.83. The van der Waals surface area contributed by atoms with Crippen LogP contribution in [0.1, 0.15) is 13.3 Å². The SMILES string of the molecule is CC1=CC(C=O)C(CN)CC1N. The summed E-state index contributed by atoms with van der Waals surface area (Å²) in [6.45, 7) is 2.51. The minimum absolute atomic E-state index is 0.0187. The quantitative estimate of drug-likeness (QED) is 0.452. The van der Waals surface area contributed by atoms with E-state index in [1.54, 1.807) is 0 Å². The predicted molar refractivity (Wildman–Crippen MR) is 48.4 cm³/mol. The number of nitrogens with two attached hydrogens (primary N) is 2. The minimum Gasteiger partial charge on any atom is -0.330 e. The van der Waals surface area contributed by atoms with Crippen molar-refractivity contribution in [2.75, 3.05) is 6.54 Å². The zero-order valence-electron chi connectivity index (χ0n) is 7.36. The number of rotatable bonds is 2. The summed E-state index contributed by atoms with van der Waals surface area (Å²) < 4.78 is 0. The third-order valence-electron chi connectivity index (χ3n) is 2.60. The van der Waals surface area contributed by atoms with Gasteiger partial charge in [-0.3, -0.25) is 0 Å². The summed E-state index contributed by atoms with van der Waals surface area (Å²) in [5, 5.41) is 0. The summed E-state index contributed by atoms with van der Waals surface area (Å²) in [6.07, 6.45) is 3.74. The molecule has 0 amide bonds. The predicted octanol–water partition coefficient (Wildman–Crippen LogP) is 0.0537. The van der Waals surface area contributed by atoms with E-state index in [0.29, 0.717) is 6.54 Å². The number of hydrogen-bond acceptors (Lipinski definition) is 3. The number of hydrogen-bond donors (Lipinski definition) is 2. The molecule has 0 aliphatic heterocycles. The Balaban J connectivity index is 2.77. The molecule has 3 unspecified atom stereocenters. The Kier molecular flexibility index (Phi) is 3.00. The van der Waals surface area contributed by atoms with E-state index < -0.39 is 0 Å². The first kappa shape index (κ1) is 9.42. The monoisotopic (exact) mass is 168 g/mol. The fourth-order valence-corrected chi connectivity index (χ4v) is 1.64. The van der Waals surface area contributed by atoms with Crippen LogP contribution >= 0.6 is 0 Å². The molecule has 1 rings (SSSR count). The second-order valence-corrected chi connectivity index (χ2v) is 3.46. The van der Waals surface area contributed by atoms with Gasteiger partial charge in [-0.25, -0.2) is 0 Å². The summed E-state index contributed by atoms with van der Waals surface area (Å²) >= 11 is 0. The van der Waals surface area contributed by atoms with Gasteiger partial charge in [0.15, 0.2) is 0 Å². The van der Waals surface area contributed by atoms with E-state index in [0.717, 1.165) is 18.3 Å². The first-order valence-electron chi connectivity index (χ1n) is 4.28. The van der Waals surface area contributed by atoms with E-state index in [1.165, 1.54) is 0 Å². The Bertz CT molecular complexity index is 201. The van der Waals surface area contributed by atoms with Crippen LogP contribution < -0.4 is 11.5 Å². The molecule has 1 aliphatic carbocycles. The maximum absolute atomic E-state index is 10.6. The van der Waals surface area contributed by atoms with Gasteiger partial charge in [-0.2, -0.15) is 0 Å². The average molecular weight is 168 g/mol. The van der Waals surface area contributed by atoms with Crippen LogP contribution in [-0.2, 0) is 4.79 Å². The Hall–Kier alpha value is -0.670. The lowest BCUT2D eigenvalue weighted by Gasteiger charge is -2.28. The lowest BCUT2D eigenvalue weighted by atomic mass is 9.79. The molecule has 0 aromatic carbocycles. The van der Waals surface area contributed by atoms with E-state index in [-0.39, 0.29) is 17.9 Å². The summed E-state index contributed by atoms with van der Waals surface area (Å²) in [7, 11) is 0. The summed E-state index contributed by atoms with van der Waals surface area (Å²) in [5.41, 5.74) is 12.5. The molecule has 3 heteroatoms. The van der Waals surface area contributed by atoms with Crippen LogP contribution in [0.2, 0.25) is 0 Å². The molecule has 0 spiro atoms. The van der Waals surface area contributed by atoms with Gasteiger partial charge in [-0.1, -0.05) is 11.6 Å². The molecule has 0 radical (unpaired) electrons. The van der Waals surface area contributed by atoms with Crippen molar-refractivity contribution in [3.05, 3.63) is 11.6 Å². The highest BCUT2D eigenvalue weighted by Gasteiger charge is 2.25. The molecular weight excluding hydrogens is 152 g/mol. The van der Waals surface area contributed by atoms with E-state index in [2.05, 4.69) is 0 Å². The van der Waals surface area contributed by atoms with Gasteiger partial charge < -0.3 is 16.3 Å². The lowest BCUT2D eigenvalue weighted by molar-refractivity contribution is -0.111. The summed E-state index contributed by atoms with van der Waals surface area (Å²) in [6, 6.07) is 0.0924. The minimum atomic E-state index is -0.0187. The van der Waals surface area contributed by atoms with Gasteiger partial charge in [-0.05, 0) is 25.8 Å². The van der Waals surface area contributed by atoms with Crippen molar-refractivity contribution in [3.63, 3.8) is 0 Å². The van der Waals surface area contributed by atoms with Crippen LogP contribution in [0.25, 0.3) is 0 Å². The molecule has 0 heterocycles. The molecule has 0 saturated carbocycles. The van der Waals surface area contributed by atoms with Crippen LogP contribution in [-0.4, -0.2) is 18.9 Å². The van der Waals surface area contributed by atoms with E-state index in [9.17, 15) is 4.79 Å². The van der Waals surface area contributed by atoms with Crippen molar-refractivity contribution < 1.29 is 4.79 Å². The number of aldehydes is 1. The van der Waals surface area contributed by atoms with Crippen molar-refractivity contribution in [2.24, 2.45) is 23.3 Å². The van der Waals surface area contributed by atoms with Crippen LogP contribution in [0.5, 0.6) is 0 Å². The van der Waals surface area contributed by atoms with Gasteiger partial charge >= 0.3 is 0 Å². The van der Waals surface area contributed by atoms with Crippen molar-refractivity contribution in [3.8, 4) is 0 Å². The fourth-order valence-electron chi connectivity index (χ4n) is 1.64. The number of carbonyl (C=O) groups excluding carboxylic acids is 1. The first-order valence-corrected chi connectivity index (χ1v) is 4.28. The van der Waals surface area contributed by atoms with E-state index >= 15 is 0 Å². The van der Waals surface area contributed by atoms with Gasteiger partial charge in [0.2, 0.25) is 0 Å². The average Bonchev–Trinajstić information content (AvgIpc) is 2.09. The molecule has 0 fully saturated rings. The molecule has 0 bridgehead atoms. The molecule has 0 aromatic heterocycles. The van der Waals surface area contributed by atoms with Crippen molar-refractivity contribution >= 4 is 6.29 Å². The van der Waals surface area contributed by atoms with Crippen LogP contribution in [0, 0.1) is 11.8 Å². The maximum atomic E-state index is 10.6. The van der Waals surface area contributed by atoms with Gasteiger partial charge in [0.05, 0.1) is 0 Å². The highest BCUT2D eigenvalue weighted by Crippen LogP contribution is 2.25. The molecule has 0 saturated heterocycles. The second-order valence-electron chi connectivity index (χ2n) is 3.46. The lowest BCUT2D eigenvalue weighted by Crippen LogP contribution is -2.36. The number of allylic oxidation sites excluding steroid dienone is 1. The van der Waals surface area contributed by atoms with Gasteiger partial charge in [0.1, 0.15) is 6.29 Å². The summed E-state index contributed by atoms with van der Waals surface area (Å²) in [5.74, 6) is 0.219. The third-order valence-corrected chi connectivity index (χ3v) is 2.60. The molecular formula is C9H16N2O. The van der Waals surface area contributed by atoms with Gasteiger partial charge in [0.25, 0.3) is 0 Å². The smallest absolute Gasteiger partial charge is 0.127 e. The normalized spacial score (nSPS) is 35.9. The van der Waals surface area contributed by atoms with Crippen molar-refractivity contribution in [1.29, 1.82) is 0 Å². The van der Waals surface area contributed by atoms with Gasteiger partial charge in [-0.15, -0.1) is 0 Å². The molecule has 68 valence electrons. The molecule has 0 aromatic rings.